The number of amides is 1. The third-order valence-corrected chi connectivity index (χ3v) is 4.44. The van der Waals surface area contributed by atoms with Gasteiger partial charge in [0.05, 0.1) is 10.8 Å². The van der Waals surface area contributed by atoms with Crippen LogP contribution in [0.1, 0.15) is 30.4 Å². The van der Waals surface area contributed by atoms with Crippen LogP contribution in [0.4, 0.5) is 0 Å². The zero-order valence-corrected chi connectivity index (χ0v) is 13.0. The van der Waals surface area contributed by atoms with Crippen LogP contribution in [0.15, 0.2) is 59.5 Å². The Kier molecular flexibility index (Phi) is 5.28. The van der Waals surface area contributed by atoms with E-state index in [1.165, 1.54) is 0 Å². The van der Waals surface area contributed by atoms with Crippen LogP contribution < -0.4 is 4.72 Å². The first-order chi connectivity index (χ1) is 10.1. The lowest BCUT2D eigenvalue weighted by Crippen LogP contribution is -2.30. The first-order valence-electron chi connectivity index (χ1n) is 6.95. The van der Waals surface area contributed by atoms with Crippen LogP contribution in [0, 0.1) is 6.92 Å². The van der Waals surface area contributed by atoms with Crippen LogP contribution in [-0.2, 0) is 15.8 Å². The van der Waals surface area contributed by atoms with Crippen molar-refractivity contribution >= 4 is 16.9 Å². The fraction of sp³-hybridized carbons (Fsp3) is 0.235. The lowest BCUT2D eigenvalue weighted by atomic mass is 9.96. The highest BCUT2D eigenvalue weighted by Gasteiger charge is 2.20. The van der Waals surface area contributed by atoms with Crippen molar-refractivity contribution in [3.8, 4) is 0 Å². The molecule has 1 N–H and O–H groups in total. The molecule has 0 fully saturated rings. The van der Waals surface area contributed by atoms with Crippen LogP contribution in [0.5, 0.6) is 0 Å². The van der Waals surface area contributed by atoms with E-state index in [2.05, 4.69) is 4.72 Å². The molecule has 0 aliphatic heterocycles. The zero-order valence-electron chi connectivity index (χ0n) is 12.2. The van der Waals surface area contributed by atoms with Gasteiger partial charge in [-0.25, -0.2) is 4.21 Å². The molecule has 21 heavy (non-hydrogen) atoms. The maximum atomic E-state index is 12.3. The summed E-state index contributed by atoms with van der Waals surface area (Å²) in [5.74, 6) is -0.483. The third kappa shape index (κ3) is 4.02. The van der Waals surface area contributed by atoms with Crippen molar-refractivity contribution in [1.82, 2.24) is 4.72 Å². The average Bonchev–Trinajstić information content (AvgIpc) is 2.49. The Morgan fingerprint density at radius 1 is 1.10 bits per heavy atom. The first kappa shape index (κ1) is 15.4. The first-order valence-corrected chi connectivity index (χ1v) is 8.10. The normalized spacial score (nSPS) is 13.4. The van der Waals surface area contributed by atoms with Gasteiger partial charge in [0.25, 0.3) is 0 Å². The maximum Gasteiger partial charge on any atom is 0.239 e. The van der Waals surface area contributed by atoms with Crippen LogP contribution in [0.25, 0.3) is 0 Å². The minimum atomic E-state index is -1.52. The smallest absolute Gasteiger partial charge is 0.239 e. The van der Waals surface area contributed by atoms with Gasteiger partial charge < -0.3 is 0 Å². The van der Waals surface area contributed by atoms with E-state index in [4.69, 9.17) is 0 Å². The van der Waals surface area contributed by atoms with E-state index >= 15 is 0 Å². The standard InChI is InChI=1S/C17H19NO2S/c1-3-16(14-7-5-4-6-8-14)17(19)18-21(20)15-11-9-13(2)10-12-15/h4-12,16H,3H2,1-2H3,(H,18,19)/t16-,21+/m1/s1. The summed E-state index contributed by atoms with van der Waals surface area (Å²) >= 11 is 0. The summed E-state index contributed by atoms with van der Waals surface area (Å²) in [5, 5.41) is 0. The van der Waals surface area contributed by atoms with Crippen LogP contribution in [0.2, 0.25) is 0 Å². The summed E-state index contributed by atoms with van der Waals surface area (Å²) in [4.78, 5) is 12.9. The lowest BCUT2D eigenvalue weighted by Gasteiger charge is -2.15. The van der Waals surface area contributed by atoms with E-state index in [-0.39, 0.29) is 11.8 Å². The summed E-state index contributed by atoms with van der Waals surface area (Å²) in [6.07, 6.45) is 0.668. The van der Waals surface area contributed by atoms with Crippen LogP contribution >= 0.6 is 0 Å². The summed E-state index contributed by atoms with van der Waals surface area (Å²) in [6, 6.07) is 16.9. The second kappa shape index (κ2) is 7.18. The predicted octanol–water partition coefficient (Wildman–Crippen LogP) is 3.33. The Balaban J connectivity index is 2.09. The molecule has 0 aliphatic carbocycles. The highest BCUT2D eigenvalue weighted by atomic mass is 32.2. The summed E-state index contributed by atoms with van der Waals surface area (Å²) < 4.78 is 14.8. The Hall–Kier alpha value is -1.94. The molecule has 0 saturated carbocycles. The van der Waals surface area contributed by atoms with Gasteiger partial charge in [0.15, 0.2) is 11.0 Å². The van der Waals surface area contributed by atoms with Crippen molar-refractivity contribution in [2.75, 3.05) is 0 Å². The van der Waals surface area contributed by atoms with Crippen molar-refractivity contribution in [2.45, 2.75) is 31.1 Å². The minimum absolute atomic E-state index is 0.206. The minimum Gasteiger partial charge on any atom is -0.273 e. The fourth-order valence-electron chi connectivity index (χ4n) is 2.14. The second-order valence-corrected chi connectivity index (χ2v) is 6.13. The maximum absolute atomic E-state index is 12.3. The molecule has 2 aromatic rings. The molecule has 3 nitrogen and oxygen atoms in total. The molecule has 0 aliphatic rings. The van der Waals surface area contributed by atoms with Crippen molar-refractivity contribution in [3.05, 3.63) is 65.7 Å². The molecule has 0 radical (unpaired) electrons. The van der Waals surface area contributed by atoms with Gasteiger partial charge in [-0.3, -0.25) is 9.52 Å². The molecule has 4 heteroatoms. The van der Waals surface area contributed by atoms with Gasteiger partial charge in [0.1, 0.15) is 0 Å². The highest BCUT2D eigenvalue weighted by Crippen LogP contribution is 2.20. The molecule has 2 aromatic carbocycles. The van der Waals surface area contributed by atoms with E-state index < -0.39 is 11.0 Å². The lowest BCUT2D eigenvalue weighted by molar-refractivity contribution is -0.120. The number of hydrogen-bond donors (Lipinski definition) is 1. The van der Waals surface area contributed by atoms with Gasteiger partial charge in [-0.05, 0) is 31.0 Å². The third-order valence-electron chi connectivity index (χ3n) is 3.36. The van der Waals surface area contributed by atoms with Crippen molar-refractivity contribution in [2.24, 2.45) is 0 Å². The van der Waals surface area contributed by atoms with Gasteiger partial charge in [-0.1, -0.05) is 55.0 Å². The topological polar surface area (TPSA) is 46.2 Å². The van der Waals surface area contributed by atoms with Gasteiger partial charge >= 0.3 is 0 Å². The molecule has 0 saturated heterocycles. The fourth-order valence-corrected chi connectivity index (χ4v) is 2.97. The molecular formula is C17H19NO2S. The van der Waals surface area contributed by atoms with Crippen LogP contribution in [-0.4, -0.2) is 10.1 Å². The molecule has 110 valence electrons. The largest absolute Gasteiger partial charge is 0.273 e. The molecule has 2 rings (SSSR count). The molecule has 0 spiro atoms. The number of hydrogen-bond acceptors (Lipinski definition) is 2. The number of carbonyl (C=O) groups excluding carboxylic acids is 1. The molecule has 0 unspecified atom stereocenters. The van der Waals surface area contributed by atoms with E-state index in [0.29, 0.717) is 11.3 Å². The summed E-state index contributed by atoms with van der Waals surface area (Å²) in [5.41, 5.74) is 2.04. The molecule has 1 amide bonds. The van der Waals surface area contributed by atoms with E-state index in [0.717, 1.165) is 11.1 Å². The van der Waals surface area contributed by atoms with Crippen molar-refractivity contribution in [1.29, 1.82) is 0 Å². The average molecular weight is 301 g/mol. The molecule has 0 heterocycles. The SMILES string of the molecule is CC[C@@H](C(=O)N[S@@](=O)c1ccc(C)cc1)c1ccccc1. The predicted molar refractivity (Wildman–Crippen MR) is 85.2 cm³/mol. The van der Waals surface area contributed by atoms with Crippen molar-refractivity contribution < 1.29 is 9.00 Å². The molecule has 0 aromatic heterocycles. The van der Waals surface area contributed by atoms with Gasteiger partial charge in [-0.2, -0.15) is 0 Å². The zero-order chi connectivity index (χ0) is 15.2. The molecule has 2 atom stereocenters. The Bertz CT molecular complexity index is 623. The number of rotatable bonds is 5. The monoisotopic (exact) mass is 301 g/mol. The van der Waals surface area contributed by atoms with Gasteiger partial charge in [0, 0.05) is 0 Å². The van der Waals surface area contributed by atoms with E-state index in [1.54, 1.807) is 12.1 Å². The van der Waals surface area contributed by atoms with Crippen LogP contribution in [0.3, 0.4) is 0 Å². The summed E-state index contributed by atoms with van der Waals surface area (Å²) in [7, 11) is -1.52. The molecular weight excluding hydrogens is 282 g/mol. The highest BCUT2D eigenvalue weighted by molar-refractivity contribution is 7.83. The number of benzene rings is 2. The van der Waals surface area contributed by atoms with E-state index in [1.807, 2.05) is 56.3 Å². The van der Waals surface area contributed by atoms with Gasteiger partial charge in [0.2, 0.25) is 5.91 Å². The number of carbonyl (C=O) groups is 1. The Morgan fingerprint density at radius 3 is 2.29 bits per heavy atom. The number of aryl methyl sites for hydroxylation is 1. The Labute approximate surface area is 128 Å². The number of nitrogens with one attached hydrogen (secondary N) is 1. The Morgan fingerprint density at radius 2 is 1.71 bits per heavy atom. The van der Waals surface area contributed by atoms with E-state index in [9.17, 15) is 9.00 Å². The van der Waals surface area contributed by atoms with Gasteiger partial charge in [-0.15, -0.1) is 0 Å². The quantitative estimate of drug-likeness (QED) is 0.920. The summed E-state index contributed by atoms with van der Waals surface area (Å²) in [6.45, 7) is 3.92. The van der Waals surface area contributed by atoms with Crippen molar-refractivity contribution in [3.63, 3.8) is 0 Å². The molecule has 0 bridgehead atoms. The second-order valence-electron chi connectivity index (χ2n) is 4.92.